The first-order valence-corrected chi connectivity index (χ1v) is 6.35. The molecule has 1 fully saturated rings. The fourth-order valence-corrected chi connectivity index (χ4v) is 1.85. The van der Waals surface area contributed by atoms with E-state index < -0.39 is 0 Å². The van der Waals surface area contributed by atoms with Crippen molar-refractivity contribution in [2.75, 3.05) is 13.2 Å². The fraction of sp³-hybridized carbons (Fsp3) is 0.692. The molecule has 0 amide bonds. The molecule has 1 aliphatic rings. The Hall–Kier alpha value is -0.800. The van der Waals surface area contributed by atoms with Gasteiger partial charge in [0.15, 0.2) is 0 Å². The van der Waals surface area contributed by atoms with Gasteiger partial charge in [-0.05, 0) is 38.3 Å². The third-order valence-electron chi connectivity index (χ3n) is 2.96. The molecule has 0 atom stereocenters. The summed E-state index contributed by atoms with van der Waals surface area (Å²) in [5.74, 6) is 0. The number of rotatable bonds is 8. The summed E-state index contributed by atoms with van der Waals surface area (Å²) in [7, 11) is 0. The first kappa shape index (κ1) is 11.7. The van der Waals surface area contributed by atoms with Crippen molar-refractivity contribution in [2.24, 2.45) is 0 Å². The molecule has 3 heteroatoms. The number of hydrogen-bond acceptors (Lipinski definition) is 2. The summed E-state index contributed by atoms with van der Waals surface area (Å²) < 4.78 is 7.68. The molecule has 0 aromatic carbocycles. The number of hydrogen-bond donors (Lipinski definition) is 1. The fourth-order valence-electron chi connectivity index (χ4n) is 1.85. The van der Waals surface area contributed by atoms with Gasteiger partial charge in [-0.2, -0.15) is 0 Å². The van der Waals surface area contributed by atoms with Crippen molar-refractivity contribution in [1.82, 2.24) is 9.88 Å². The lowest BCUT2D eigenvalue weighted by molar-refractivity contribution is 0.141. The van der Waals surface area contributed by atoms with E-state index in [0.29, 0.717) is 0 Å². The van der Waals surface area contributed by atoms with Gasteiger partial charge < -0.3 is 14.6 Å². The molecular weight excluding hydrogens is 200 g/mol. The summed E-state index contributed by atoms with van der Waals surface area (Å²) in [5, 5.41) is 3.55. The number of nitrogens with one attached hydrogen (secondary N) is 1. The maximum atomic E-state index is 5.35. The molecular formula is C13H22N2O. The summed E-state index contributed by atoms with van der Waals surface area (Å²) in [4.78, 5) is 0. The first-order chi connectivity index (χ1) is 7.90. The minimum absolute atomic E-state index is 0.784. The lowest BCUT2D eigenvalue weighted by Crippen LogP contribution is -2.18. The Kier molecular flexibility index (Phi) is 4.43. The van der Waals surface area contributed by atoms with Crippen LogP contribution in [0.15, 0.2) is 18.3 Å². The van der Waals surface area contributed by atoms with E-state index >= 15 is 0 Å². The highest BCUT2D eigenvalue weighted by Crippen LogP contribution is 2.19. The van der Waals surface area contributed by atoms with Gasteiger partial charge in [0.25, 0.3) is 0 Å². The van der Waals surface area contributed by atoms with Gasteiger partial charge in [0.1, 0.15) is 0 Å². The van der Waals surface area contributed by atoms with E-state index in [1.807, 2.05) is 6.92 Å². The summed E-state index contributed by atoms with van der Waals surface area (Å²) in [6.45, 7) is 5.80. The van der Waals surface area contributed by atoms with Crippen LogP contribution in [0, 0.1) is 0 Å². The van der Waals surface area contributed by atoms with Crippen molar-refractivity contribution in [3.63, 3.8) is 0 Å². The van der Waals surface area contributed by atoms with Crippen molar-refractivity contribution in [1.29, 1.82) is 0 Å². The quantitative estimate of drug-likeness (QED) is 0.682. The van der Waals surface area contributed by atoms with Crippen LogP contribution in [0.25, 0.3) is 0 Å². The molecule has 1 saturated carbocycles. The molecule has 1 heterocycles. The topological polar surface area (TPSA) is 26.2 Å². The largest absolute Gasteiger partial charge is 0.382 e. The molecule has 0 spiro atoms. The minimum Gasteiger partial charge on any atom is -0.382 e. The van der Waals surface area contributed by atoms with Crippen LogP contribution in [-0.2, 0) is 17.8 Å². The molecule has 1 aromatic heterocycles. The standard InChI is InChI=1S/C13H22N2O/c1-2-16-10-4-9-15-8-3-5-13(15)11-14-12-6-7-12/h3,5,8,12,14H,2,4,6-7,9-11H2,1H3. The zero-order valence-electron chi connectivity index (χ0n) is 10.1. The highest BCUT2D eigenvalue weighted by Gasteiger charge is 2.20. The second-order valence-electron chi connectivity index (χ2n) is 4.40. The van der Waals surface area contributed by atoms with Crippen LogP contribution in [0.5, 0.6) is 0 Å². The predicted molar refractivity (Wildman–Crippen MR) is 65.4 cm³/mol. The highest BCUT2D eigenvalue weighted by atomic mass is 16.5. The second kappa shape index (κ2) is 6.06. The van der Waals surface area contributed by atoms with Crippen molar-refractivity contribution >= 4 is 0 Å². The molecule has 2 rings (SSSR count). The van der Waals surface area contributed by atoms with Crippen LogP contribution >= 0.6 is 0 Å². The van der Waals surface area contributed by atoms with Crippen molar-refractivity contribution in [2.45, 2.75) is 45.3 Å². The Balaban J connectivity index is 1.71. The van der Waals surface area contributed by atoms with Crippen LogP contribution in [0.2, 0.25) is 0 Å². The zero-order valence-corrected chi connectivity index (χ0v) is 10.1. The number of ether oxygens (including phenoxy) is 1. The van der Waals surface area contributed by atoms with Crippen LogP contribution in [0.1, 0.15) is 31.9 Å². The summed E-state index contributed by atoms with van der Waals surface area (Å²) in [6.07, 6.45) is 5.96. The number of aromatic nitrogens is 1. The Morgan fingerprint density at radius 1 is 1.50 bits per heavy atom. The third kappa shape index (κ3) is 3.65. The maximum absolute atomic E-state index is 5.35. The van der Waals surface area contributed by atoms with Crippen molar-refractivity contribution in [3.8, 4) is 0 Å². The molecule has 0 aliphatic heterocycles. The van der Waals surface area contributed by atoms with E-state index in [9.17, 15) is 0 Å². The van der Waals surface area contributed by atoms with Gasteiger partial charge in [-0.15, -0.1) is 0 Å². The molecule has 0 bridgehead atoms. The van der Waals surface area contributed by atoms with Crippen molar-refractivity contribution < 1.29 is 4.74 Å². The van der Waals surface area contributed by atoms with Crippen LogP contribution in [0.4, 0.5) is 0 Å². The van der Waals surface area contributed by atoms with E-state index in [1.54, 1.807) is 0 Å². The molecule has 0 radical (unpaired) electrons. The molecule has 90 valence electrons. The lowest BCUT2D eigenvalue weighted by Gasteiger charge is -2.09. The first-order valence-electron chi connectivity index (χ1n) is 6.35. The maximum Gasteiger partial charge on any atom is 0.0482 e. The average Bonchev–Trinajstić information content (AvgIpc) is 3.02. The van der Waals surface area contributed by atoms with E-state index in [2.05, 4.69) is 28.2 Å². The molecule has 1 N–H and O–H groups in total. The highest BCUT2D eigenvalue weighted by molar-refractivity contribution is 5.07. The Bertz CT molecular complexity index is 305. The molecule has 0 unspecified atom stereocenters. The third-order valence-corrected chi connectivity index (χ3v) is 2.96. The Morgan fingerprint density at radius 3 is 3.12 bits per heavy atom. The zero-order chi connectivity index (χ0) is 11.2. The summed E-state index contributed by atoms with van der Waals surface area (Å²) in [5.41, 5.74) is 1.39. The van der Waals surface area contributed by atoms with Gasteiger partial charge in [-0.3, -0.25) is 0 Å². The smallest absolute Gasteiger partial charge is 0.0482 e. The molecule has 0 saturated heterocycles. The van der Waals surface area contributed by atoms with E-state index in [1.165, 1.54) is 18.5 Å². The van der Waals surface area contributed by atoms with Gasteiger partial charge in [0.2, 0.25) is 0 Å². The predicted octanol–water partition coefficient (Wildman–Crippen LogP) is 2.17. The van der Waals surface area contributed by atoms with Crippen LogP contribution in [0.3, 0.4) is 0 Å². The van der Waals surface area contributed by atoms with E-state index in [4.69, 9.17) is 4.74 Å². The normalized spacial score (nSPS) is 15.6. The van der Waals surface area contributed by atoms with Gasteiger partial charge >= 0.3 is 0 Å². The lowest BCUT2D eigenvalue weighted by atomic mass is 10.4. The van der Waals surface area contributed by atoms with Crippen molar-refractivity contribution in [3.05, 3.63) is 24.0 Å². The molecule has 16 heavy (non-hydrogen) atoms. The Morgan fingerprint density at radius 2 is 2.38 bits per heavy atom. The second-order valence-corrected chi connectivity index (χ2v) is 4.40. The molecule has 1 aliphatic carbocycles. The average molecular weight is 222 g/mol. The molecule has 3 nitrogen and oxygen atoms in total. The minimum atomic E-state index is 0.784. The number of aryl methyl sites for hydroxylation is 1. The van der Waals surface area contributed by atoms with Gasteiger partial charge in [0, 0.05) is 44.2 Å². The van der Waals surface area contributed by atoms with Crippen LogP contribution < -0.4 is 5.32 Å². The summed E-state index contributed by atoms with van der Waals surface area (Å²) >= 11 is 0. The monoisotopic (exact) mass is 222 g/mol. The SMILES string of the molecule is CCOCCCn1cccc1CNC1CC1. The van der Waals surface area contributed by atoms with E-state index in [-0.39, 0.29) is 0 Å². The summed E-state index contributed by atoms with van der Waals surface area (Å²) in [6, 6.07) is 5.12. The number of nitrogens with zero attached hydrogens (tertiary/aromatic N) is 1. The Labute approximate surface area is 97.8 Å². The van der Waals surface area contributed by atoms with Gasteiger partial charge in [-0.1, -0.05) is 0 Å². The van der Waals surface area contributed by atoms with Gasteiger partial charge in [-0.25, -0.2) is 0 Å². The van der Waals surface area contributed by atoms with Crippen LogP contribution in [-0.4, -0.2) is 23.8 Å². The van der Waals surface area contributed by atoms with E-state index in [0.717, 1.165) is 38.8 Å². The molecule has 1 aromatic rings. The van der Waals surface area contributed by atoms with Gasteiger partial charge in [0.05, 0.1) is 0 Å².